The van der Waals surface area contributed by atoms with Gasteiger partial charge in [-0.15, -0.1) is 0 Å². The first kappa shape index (κ1) is 20.5. The summed E-state index contributed by atoms with van der Waals surface area (Å²) in [5, 5.41) is 1.03. The zero-order valence-electron chi connectivity index (χ0n) is 17.9. The molecule has 0 saturated carbocycles. The normalized spacial score (nSPS) is 16.8. The number of furan rings is 1. The third-order valence-electron chi connectivity index (χ3n) is 5.80. The van der Waals surface area contributed by atoms with E-state index in [0.29, 0.717) is 19.7 Å². The Hall–Kier alpha value is -3.41. The highest BCUT2D eigenvalue weighted by Gasteiger charge is 2.31. The topological polar surface area (TPSA) is 45.9 Å². The number of hydrogen-bond acceptors (Lipinski definition) is 4. The number of amides is 1. The van der Waals surface area contributed by atoms with Gasteiger partial charge in [0.25, 0.3) is 5.91 Å². The minimum atomic E-state index is -0.517. The minimum Gasteiger partial charge on any atom is -0.459 e. The van der Waals surface area contributed by atoms with Crippen molar-refractivity contribution in [1.82, 2.24) is 4.90 Å². The first-order valence-electron chi connectivity index (χ1n) is 11.0. The smallest absolute Gasteiger partial charge is 0.257 e. The fourth-order valence-corrected chi connectivity index (χ4v) is 4.19. The van der Waals surface area contributed by atoms with Gasteiger partial charge in [0.15, 0.2) is 0 Å². The van der Waals surface area contributed by atoms with Gasteiger partial charge in [0.2, 0.25) is 0 Å². The molecule has 1 fully saturated rings. The third kappa shape index (κ3) is 4.59. The van der Waals surface area contributed by atoms with E-state index < -0.39 is 6.10 Å². The van der Waals surface area contributed by atoms with Crippen LogP contribution in [0.1, 0.15) is 11.3 Å². The second kappa shape index (κ2) is 9.39. The molecule has 0 radical (unpaired) electrons. The summed E-state index contributed by atoms with van der Waals surface area (Å²) in [6, 6.07) is 30.0. The number of hydrogen-bond donors (Lipinski definition) is 0. The predicted octanol–water partition coefficient (Wildman–Crippen LogP) is 4.87. The molecule has 3 aromatic carbocycles. The van der Waals surface area contributed by atoms with Crippen LogP contribution in [0.4, 0.5) is 5.69 Å². The summed E-state index contributed by atoms with van der Waals surface area (Å²) >= 11 is 0. The summed E-state index contributed by atoms with van der Waals surface area (Å²) < 4.78 is 12.0. The number of rotatable bonds is 6. The van der Waals surface area contributed by atoms with Gasteiger partial charge in [-0.3, -0.25) is 9.69 Å². The predicted molar refractivity (Wildman–Crippen MR) is 125 cm³/mol. The summed E-state index contributed by atoms with van der Waals surface area (Å²) in [6.45, 7) is 3.08. The number of fused-ring (bicyclic) bond motifs is 1. The molecule has 0 aliphatic carbocycles. The van der Waals surface area contributed by atoms with Crippen molar-refractivity contribution in [3.8, 4) is 0 Å². The molecule has 4 aromatic rings. The number of carbonyl (C=O) groups is 1. The third-order valence-corrected chi connectivity index (χ3v) is 5.80. The van der Waals surface area contributed by atoms with E-state index in [4.69, 9.17) is 9.15 Å². The number of nitrogens with zero attached hydrogens (tertiary/aromatic N) is 2. The van der Waals surface area contributed by atoms with Crippen LogP contribution in [0.2, 0.25) is 0 Å². The lowest BCUT2D eigenvalue weighted by molar-refractivity contribution is -0.136. The Kier molecular flexibility index (Phi) is 6.01. The molecule has 2 heterocycles. The maximum Gasteiger partial charge on any atom is 0.257 e. The maximum atomic E-state index is 13.6. The molecule has 1 amide bonds. The maximum absolute atomic E-state index is 13.6. The van der Waals surface area contributed by atoms with Gasteiger partial charge >= 0.3 is 0 Å². The lowest BCUT2D eigenvalue weighted by Crippen LogP contribution is -2.50. The van der Waals surface area contributed by atoms with Crippen LogP contribution in [-0.2, 0) is 22.6 Å². The van der Waals surface area contributed by atoms with Crippen LogP contribution in [0.5, 0.6) is 0 Å². The minimum absolute atomic E-state index is 0.0468. The number of anilines is 1. The second-order valence-electron chi connectivity index (χ2n) is 8.09. The Morgan fingerprint density at radius 2 is 1.66 bits per heavy atom. The molecule has 5 nitrogen and oxygen atoms in total. The van der Waals surface area contributed by atoms with Crippen LogP contribution in [-0.4, -0.2) is 36.6 Å². The van der Waals surface area contributed by atoms with Gasteiger partial charge in [0.1, 0.15) is 17.4 Å². The van der Waals surface area contributed by atoms with Crippen molar-refractivity contribution in [3.63, 3.8) is 0 Å². The molecule has 1 aromatic heterocycles. The molecule has 1 aliphatic heterocycles. The van der Waals surface area contributed by atoms with E-state index in [1.165, 1.54) is 5.56 Å². The summed E-state index contributed by atoms with van der Waals surface area (Å²) in [5.41, 5.74) is 2.90. The first-order valence-corrected chi connectivity index (χ1v) is 11.0. The average Bonchev–Trinajstić information content (AvgIpc) is 3.26. The Balaban J connectivity index is 1.36. The van der Waals surface area contributed by atoms with Crippen molar-refractivity contribution < 1.29 is 13.9 Å². The summed E-state index contributed by atoms with van der Waals surface area (Å²) in [5.74, 6) is 0.703. The number of morpholine rings is 1. The van der Waals surface area contributed by atoms with Gasteiger partial charge in [-0.1, -0.05) is 66.7 Å². The lowest BCUT2D eigenvalue weighted by Gasteiger charge is -2.35. The zero-order chi connectivity index (χ0) is 21.8. The summed E-state index contributed by atoms with van der Waals surface area (Å²) in [6.07, 6.45) is -0.517. The van der Waals surface area contributed by atoms with Crippen LogP contribution in [0.25, 0.3) is 11.0 Å². The van der Waals surface area contributed by atoms with Crippen LogP contribution in [0, 0.1) is 0 Å². The monoisotopic (exact) mass is 426 g/mol. The molecule has 32 heavy (non-hydrogen) atoms. The van der Waals surface area contributed by atoms with Crippen LogP contribution in [0.15, 0.2) is 95.4 Å². The first-order chi connectivity index (χ1) is 15.8. The fraction of sp³-hybridized carbons (Fsp3) is 0.222. The Morgan fingerprint density at radius 1 is 0.938 bits per heavy atom. The Labute approximate surface area is 187 Å². The van der Waals surface area contributed by atoms with E-state index >= 15 is 0 Å². The average molecular weight is 427 g/mol. The van der Waals surface area contributed by atoms with E-state index in [1.807, 2.05) is 78.9 Å². The van der Waals surface area contributed by atoms with Gasteiger partial charge in [0, 0.05) is 30.7 Å². The number of carbonyl (C=O) groups excluding carboxylic acids is 1. The molecule has 162 valence electrons. The molecule has 1 aliphatic rings. The molecule has 0 bridgehead atoms. The van der Waals surface area contributed by atoms with Crippen molar-refractivity contribution >= 4 is 22.6 Å². The highest BCUT2D eigenvalue weighted by atomic mass is 16.5. The number of benzene rings is 3. The van der Waals surface area contributed by atoms with Crippen molar-refractivity contribution in [3.05, 3.63) is 102 Å². The molecular weight excluding hydrogens is 400 g/mol. The van der Waals surface area contributed by atoms with E-state index in [0.717, 1.165) is 35.5 Å². The van der Waals surface area contributed by atoms with Crippen LogP contribution in [0.3, 0.4) is 0 Å². The molecule has 1 unspecified atom stereocenters. The Morgan fingerprint density at radius 3 is 2.44 bits per heavy atom. The molecule has 5 rings (SSSR count). The van der Waals surface area contributed by atoms with Gasteiger partial charge in [-0.2, -0.15) is 0 Å². The SMILES string of the molecule is O=C(C1CN(Cc2ccccc2)CCO1)N(Cc1cc2ccccc2o1)c1ccccc1. The molecule has 1 saturated heterocycles. The van der Waals surface area contributed by atoms with Gasteiger partial charge in [-0.25, -0.2) is 0 Å². The molecular formula is C27H26N2O3. The molecule has 0 spiro atoms. The van der Waals surface area contributed by atoms with Gasteiger partial charge in [-0.05, 0) is 29.8 Å². The Bertz CT molecular complexity index is 1140. The standard InChI is InChI=1S/C27H26N2O3/c30-27(26-20-28(15-16-31-26)18-21-9-3-1-4-10-21)29(23-12-5-2-6-13-23)19-24-17-22-11-7-8-14-25(22)32-24/h1-14,17,26H,15-16,18-20H2. The van der Waals surface area contributed by atoms with E-state index in [9.17, 15) is 4.79 Å². The zero-order valence-corrected chi connectivity index (χ0v) is 17.9. The number of para-hydroxylation sites is 2. The highest BCUT2D eigenvalue weighted by Crippen LogP contribution is 2.24. The van der Waals surface area contributed by atoms with Gasteiger partial charge in [0.05, 0.1) is 13.2 Å². The molecule has 1 atom stereocenters. The fourth-order valence-electron chi connectivity index (χ4n) is 4.19. The molecule has 0 N–H and O–H groups in total. The summed E-state index contributed by atoms with van der Waals surface area (Å²) in [4.78, 5) is 17.7. The van der Waals surface area contributed by atoms with E-state index in [-0.39, 0.29) is 5.91 Å². The van der Waals surface area contributed by atoms with Crippen molar-refractivity contribution in [2.45, 2.75) is 19.2 Å². The molecule has 5 heteroatoms. The van der Waals surface area contributed by atoms with E-state index in [2.05, 4.69) is 17.0 Å². The largest absolute Gasteiger partial charge is 0.459 e. The van der Waals surface area contributed by atoms with Crippen molar-refractivity contribution in [2.24, 2.45) is 0 Å². The summed E-state index contributed by atoms with van der Waals surface area (Å²) in [7, 11) is 0. The quantitative estimate of drug-likeness (QED) is 0.441. The van der Waals surface area contributed by atoms with Crippen LogP contribution >= 0.6 is 0 Å². The number of ether oxygens (including phenoxy) is 1. The van der Waals surface area contributed by atoms with Crippen molar-refractivity contribution in [2.75, 3.05) is 24.6 Å². The van der Waals surface area contributed by atoms with E-state index in [1.54, 1.807) is 4.90 Å². The van der Waals surface area contributed by atoms with Crippen molar-refractivity contribution in [1.29, 1.82) is 0 Å². The van der Waals surface area contributed by atoms with Gasteiger partial charge < -0.3 is 14.1 Å². The van der Waals surface area contributed by atoms with Crippen LogP contribution < -0.4 is 4.90 Å². The second-order valence-corrected chi connectivity index (χ2v) is 8.09. The lowest BCUT2D eigenvalue weighted by atomic mass is 10.1. The highest BCUT2D eigenvalue weighted by molar-refractivity contribution is 5.96.